The molecule has 1 N–H and O–H groups in total. The summed E-state index contributed by atoms with van der Waals surface area (Å²) in [7, 11) is 1.61. The standard InChI is InChI=1S/C22H25FN2O3/c1-28-20-8-4-16(5-9-20)14-21(26)25-12-10-18(11-13-25)22(27)24-15-17-2-6-19(23)7-3-17/h2-9,18H,10-15H2,1H3,(H,24,27). The van der Waals surface area contributed by atoms with E-state index in [1.165, 1.54) is 12.1 Å². The van der Waals surface area contributed by atoms with Crippen LogP contribution in [0.4, 0.5) is 4.39 Å². The molecule has 0 unspecified atom stereocenters. The second kappa shape index (κ2) is 9.35. The number of benzene rings is 2. The molecular formula is C22H25FN2O3. The van der Waals surface area contributed by atoms with Gasteiger partial charge in [-0.25, -0.2) is 4.39 Å². The van der Waals surface area contributed by atoms with Gasteiger partial charge in [0.15, 0.2) is 0 Å². The molecule has 3 rings (SSSR count). The summed E-state index contributed by atoms with van der Waals surface area (Å²) in [6.45, 7) is 1.56. The number of piperidine rings is 1. The van der Waals surface area contributed by atoms with Gasteiger partial charge in [0.05, 0.1) is 13.5 Å². The summed E-state index contributed by atoms with van der Waals surface area (Å²) < 4.78 is 18.1. The number of halogens is 1. The normalized spacial score (nSPS) is 14.6. The van der Waals surface area contributed by atoms with E-state index in [0.29, 0.717) is 38.9 Å². The van der Waals surface area contributed by atoms with Crippen molar-refractivity contribution >= 4 is 11.8 Å². The Morgan fingerprint density at radius 2 is 1.64 bits per heavy atom. The van der Waals surface area contributed by atoms with E-state index in [9.17, 15) is 14.0 Å². The number of carbonyl (C=O) groups excluding carboxylic acids is 2. The average Bonchev–Trinajstić information content (AvgIpc) is 2.73. The number of nitrogens with one attached hydrogen (secondary N) is 1. The highest BCUT2D eigenvalue weighted by Gasteiger charge is 2.27. The van der Waals surface area contributed by atoms with E-state index >= 15 is 0 Å². The van der Waals surface area contributed by atoms with E-state index in [-0.39, 0.29) is 23.5 Å². The number of likely N-dealkylation sites (tertiary alicyclic amines) is 1. The Balaban J connectivity index is 1.43. The molecule has 0 radical (unpaired) electrons. The van der Waals surface area contributed by atoms with Gasteiger partial charge in [0.2, 0.25) is 11.8 Å². The summed E-state index contributed by atoms with van der Waals surface area (Å²) in [5.74, 6) is 0.456. The van der Waals surface area contributed by atoms with Crippen LogP contribution in [0.15, 0.2) is 48.5 Å². The summed E-state index contributed by atoms with van der Waals surface area (Å²) >= 11 is 0. The number of methoxy groups -OCH3 is 1. The van der Waals surface area contributed by atoms with Gasteiger partial charge in [0.25, 0.3) is 0 Å². The monoisotopic (exact) mass is 384 g/mol. The maximum atomic E-state index is 12.9. The van der Waals surface area contributed by atoms with Gasteiger partial charge in [-0.15, -0.1) is 0 Å². The van der Waals surface area contributed by atoms with Crippen molar-refractivity contribution in [1.82, 2.24) is 10.2 Å². The fraction of sp³-hybridized carbons (Fsp3) is 0.364. The maximum Gasteiger partial charge on any atom is 0.226 e. The predicted octanol–water partition coefficient (Wildman–Crippen LogP) is 2.93. The Kier molecular flexibility index (Phi) is 6.63. The van der Waals surface area contributed by atoms with Crippen molar-refractivity contribution in [2.45, 2.75) is 25.8 Å². The molecule has 2 amide bonds. The lowest BCUT2D eigenvalue weighted by Crippen LogP contribution is -2.43. The summed E-state index contributed by atoms with van der Waals surface area (Å²) in [4.78, 5) is 26.7. The number of carbonyl (C=O) groups is 2. The van der Waals surface area contributed by atoms with Crippen LogP contribution < -0.4 is 10.1 Å². The molecule has 6 heteroatoms. The van der Waals surface area contributed by atoms with Crippen LogP contribution in [0.25, 0.3) is 0 Å². The lowest BCUT2D eigenvalue weighted by Gasteiger charge is -2.31. The predicted molar refractivity (Wildman–Crippen MR) is 104 cm³/mol. The van der Waals surface area contributed by atoms with E-state index in [1.54, 1.807) is 19.2 Å². The Morgan fingerprint density at radius 3 is 2.25 bits per heavy atom. The zero-order valence-electron chi connectivity index (χ0n) is 16.0. The van der Waals surface area contributed by atoms with Crippen LogP contribution in [0.5, 0.6) is 5.75 Å². The smallest absolute Gasteiger partial charge is 0.226 e. The molecule has 0 bridgehead atoms. The van der Waals surface area contributed by atoms with Crippen molar-refractivity contribution in [3.8, 4) is 5.75 Å². The van der Waals surface area contributed by atoms with Crippen LogP contribution in [0, 0.1) is 11.7 Å². The Labute approximate surface area is 164 Å². The summed E-state index contributed by atoms with van der Waals surface area (Å²) in [6.07, 6.45) is 1.67. The minimum Gasteiger partial charge on any atom is -0.497 e. The van der Waals surface area contributed by atoms with Gasteiger partial charge in [-0.2, -0.15) is 0 Å². The topological polar surface area (TPSA) is 58.6 Å². The number of rotatable bonds is 6. The number of hydrogen-bond donors (Lipinski definition) is 1. The third kappa shape index (κ3) is 5.31. The van der Waals surface area contributed by atoms with Crippen molar-refractivity contribution in [3.63, 3.8) is 0 Å². The summed E-state index contributed by atoms with van der Waals surface area (Å²) in [5, 5.41) is 2.91. The van der Waals surface area contributed by atoms with Gasteiger partial charge in [-0.1, -0.05) is 24.3 Å². The van der Waals surface area contributed by atoms with Crippen LogP contribution in [0.1, 0.15) is 24.0 Å². The number of ether oxygens (including phenoxy) is 1. The van der Waals surface area contributed by atoms with Gasteiger partial charge in [-0.3, -0.25) is 9.59 Å². The fourth-order valence-electron chi connectivity index (χ4n) is 3.36. The molecule has 0 spiro atoms. The molecule has 148 valence electrons. The molecule has 0 aliphatic carbocycles. The van der Waals surface area contributed by atoms with Crippen molar-refractivity contribution in [1.29, 1.82) is 0 Å². The van der Waals surface area contributed by atoms with E-state index in [4.69, 9.17) is 4.74 Å². The van der Waals surface area contributed by atoms with Crippen LogP contribution in [-0.2, 0) is 22.6 Å². The quantitative estimate of drug-likeness (QED) is 0.833. The Morgan fingerprint density at radius 1 is 1.04 bits per heavy atom. The number of nitrogens with zero attached hydrogens (tertiary/aromatic N) is 1. The highest BCUT2D eigenvalue weighted by Crippen LogP contribution is 2.19. The molecule has 1 fully saturated rings. The van der Waals surface area contributed by atoms with E-state index < -0.39 is 0 Å². The lowest BCUT2D eigenvalue weighted by molar-refractivity contribution is -0.135. The molecule has 5 nitrogen and oxygen atoms in total. The SMILES string of the molecule is COc1ccc(CC(=O)N2CCC(C(=O)NCc3ccc(F)cc3)CC2)cc1. The minimum atomic E-state index is -0.290. The number of amides is 2. The zero-order chi connectivity index (χ0) is 19.9. The molecule has 0 atom stereocenters. The first kappa shape index (κ1) is 19.9. The van der Waals surface area contributed by atoms with Crippen LogP contribution in [-0.4, -0.2) is 36.9 Å². The van der Waals surface area contributed by atoms with Crippen molar-refractivity contribution in [2.75, 3.05) is 20.2 Å². The molecule has 1 aliphatic rings. The number of hydrogen-bond acceptors (Lipinski definition) is 3. The molecule has 1 aliphatic heterocycles. The van der Waals surface area contributed by atoms with E-state index in [0.717, 1.165) is 16.9 Å². The van der Waals surface area contributed by atoms with Crippen molar-refractivity contribution < 1.29 is 18.7 Å². The Bertz CT molecular complexity index is 798. The largest absolute Gasteiger partial charge is 0.497 e. The van der Waals surface area contributed by atoms with Crippen molar-refractivity contribution in [2.24, 2.45) is 5.92 Å². The van der Waals surface area contributed by atoms with Crippen LogP contribution in [0.3, 0.4) is 0 Å². The molecule has 1 heterocycles. The van der Waals surface area contributed by atoms with E-state index in [1.807, 2.05) is 29.2 Å². The average molecular weight is 384 g/mol. The molecule has 0 aromatic heterocycles. The highest BCUT2D eigenvalue weighted by atomic mass is 19.1. The Hall–Kier alpha value is -2.89. The maximum absolute atomic E-state index is 12.9. The third-order valence-electron chi connectivity index (χ3n) is 5.11. The van der Waals surface area contributed by atoms with Gasteiger partial charge in [-0.05, 0) is 48.2 Å². The highest BCUT2D eigenvalue weighted by molar-refractivity contribution is 5.81. The molecule has 1 saturated heterocycles. The molecular weight excluding hydrogens is 359 g/mol. The molecule has 0 saturated carbocycles. The first-order chi connectivity index (χ1) is 13.5. The van der Waals surface area contributed by atoms with E-state index in [2.05, 4.69) is 5.32 Å². The lowest BCUT2D eigenvalue weighted by atomic mass is 9.95. The second-order valence-electron chi connectivity index (χ2n) is 7.02. The van der Waals surface area contributed by atoms with Crippen LogP contribution >= 0.6 is 0 Å². The van der Waals surface area contributed by atoms with Gasteiger partial charge in [0.1, 0.15) is 11.6 Å². The van der Waals surface area contributed by atoms with Crippen LogP contribution in [0.2, 0.25) is 0 Å². The third-order valence-corrected chi connectivity index (χ3v) is 5.11. The second-order valence-corrected chi connectivity index (χ2v) is 7.02. The zero-order valence-corrected chi connectivity index (χ0v) is 16.0. The van der Waals surface area contributed by atoms with Crippen molar-refractivity contribution in [3.05, 3.63) is 65.5 Å². The summed E-state index contributed by atoms with van der Waals surface area (Å²) in [6, 6.07) is 13.6. The first-order valence-electron chi connectivity index (χ1n) is 9.48. The first-order valence-corrected chi connectivity index (χ1v) is 9.48. The molecule has 28 heavy (non-hydrogen) atoms. The molecule has 2 aromatic carbocycles. The van der Waals surface area contributed by atoms with Gasteiger partial charge in [0, 0.05) is 25.6 Å². The van der Waals surface area contributed by atoms with Gasteiger partial charge >= 0.3 is 0 Å². The summed E-state index contributed by atoms with van der Waals surface area (Å²) in [5.41, 5.74) is 1.81. The molecule has 2 aromatic rings. The minimum absolute atomic E-state index is 0.00780. The van der Waals surface area contributed by atoms with Gasteiger partial charge < -0.3 is 15.0 Å². The fourth-order valence-corrected chi connectivity index (χ4v) is 3.36.